The zero-order chi connectivity index (χ0) is 18.4. The van der Waals surface area contributed by atoms with E-state index in [9.17, 15) is 18.3 Å². The quantitative estimate of drug-likeness (QED) is 0.655. The van der Waals surface area contributed by atoms with Gasteiger partial charge in [0.25, 0.3) is 0 Å². The number of sulfonamides is 1. The molecule has 0 spiro atoms. The van der Waals surface area contributed by atoms with Gasteiger partial charge in [0.15, 0.2) is 0 Å². The molecule has 25 heavy (non-hydrogen) atoms. The molecule has 0 radical (unpaired) electrons. The molecule has 0 bridgehead atoms. The Bertz CT molecular complexity index is 869. The van der Waals surface area contributed by atoms with Crippen LogP contribution in [-0.2, 0) is 15.8 Å². The molecular weight excluding hydrogens is 382 g/mol. The number of carbonyl (C=O) groups is 1. The van der Waals surface area contributed by atoms with E-state index in [1.165, 1.54) is 30.0 Å². The molecule has 2 aromatic carbocycles. The van der Waals surface area contributed by atoms with Gasteiger partial charge in [-0.05, 0) is 42.3 Å². The number of thioether (sulfide) groups is 1. The van der Waals surface area contributed by atoms with Crippen molar-refractivity contribution in [2.75, 3.05) is 6.54 Å². The molecule has 0 aromatic heterocycles. The molecule has 5 nitrogen and oxygen atoms in total. The number of carboxylic acids is 1. The monoisotopic (exact) mass is 399 g/mol. The van der Waals surface area contributed by atoms with Crippen molar-refractivity contribution in [2.45, 2.75) is 28.9 Å². The number of rotatable bonds is 8. The second-order valence-corrected chi connectivity index (χ2v) is 8.50. The van der Waals surface area contributed by atoms with Crippen molar-refractivity contribution in [2.24, 2.45) is 0 Å². The third-order valence-corrected chi connectivity index (χ3v) is 6.14. The fourth-order valence-corrected chi connectivity index (χ4v) is 4.54. The van der Waals surface area contributed by atoms with Gasteiger partial charge < -0.3 is 5.11 Å². The first-order valence-corrected chi connectivity index (χ1v) is 10.4. The minimum atomic E-state index is -3.65. The summed E-state index contributed by atoms with van der Waals surface area (Å²) in [5.74, 6) is -0.619. The van der Waals surface area contributed by atoms with Gasteiger partial charge in [0.1, 0.15) is 0 Å². The minimum absolute atomic E-state index is 0.0551. The van der Waals surface area contributed by atoms with Crippen LogP contribution in [-0.4, -0.2) is 26.0 Å². The van der Waals surface area contributed by atoms with E-state index in [2.05, 4.69) is 4.72 Å². The van der Waals surface area contributed by atoms with E-state index in [4.69, 9.17) is 11.6 Å². The van der Waals surface area contributed by atoms with Crippen LogP contribution >= 0.6 is 23.4 Å². The van der Waals surface area contributed by atoms with Gasteiger partial charge in [0.05, 0.1) is 10.5 Å². The van der Waals surface area contributed by atoms with Gasteiger partial charge in [-0.1, -0.05) is 30.7 Å². The number of aromatic carboxylic acids is 1. The number of benzene rings is 2. The van der Waals surface area contributed by atoms with Crippen LogP contribution in [0.15, 0.2) is 52.3 Å². The number of nitrogens with one attached hydrogen (secondary N) is 1. The number of hydrogen-bond donors (Lipinski definition) is 2. The van der Waals surface area contributed by atoms with Crippen LogP contribution in [0, 0.1) is 0 Å². The Kier molecular flexibility index (Phi) is 6.89. The van der Waals surface area contributed by atoms with Crippen molar-refractivity contribution in [3.8, 4) is 0 Å². The summed E-state index contributed by atoms with van der Waals surface area (Å²) in [6.45, 7) is 2.19. The molecular formula is C17H18ClNO4S2. The van der Waals surface area contributed by atoms with E-state index in [0.29, 0.717) is 28.6 Å². The first-order valence-electron chi connectivity index (χ1n) is 7.57. The molecule has 2 aromatic rings. The Morgan fingerprint density at radius 1 is 1.24 bits per heavy atom. The summed E-state index contributed by atoms with van der Waals surface area (Å²) in [5, 5.41) is 9.94. The molecule has 0 saturated heterocycles. The first-order chi connectivity index (χ1) is 11.8. The number of carboxylic acid groups (broad SMARTS) is 1. The van der Waals surface area contributed by atoms with Gasteiger partial charge in [-0.3, -0.25) is 0 Å². The average Bonchev–Trinajstić information content (AvgIpc) is 2.58. The van der Waals surface area contributed by atoms with Crippen LogP contribution in [0.2, 0.25) is 5.02 Å². The molecule has 2 N–H and O–H groups in total. The zero-order valence-corrected chi connectivity index (χ0v) is 15.9. The lowest BCUT2D eigenvalue weighted by Gasteiger charge is -2.10. The Balaban J connectivity index is 2.30. The predicted octanol–water partition coefficient (Wildman–Crippen LogP) is 4.02. The molecule has 0 aliphatic rings. The van der Waals surface area contributed by atoms with Crippen molar-refractivity contribution in [3.05, 3.63) is 58.6 Å². The summed E-state index contributed by atoms with van der Waals surface area (Å²) in [6.07, 6.45) is 0.669. The summed E-state index contributed by atoms with van der Waals surface area (Å²) in [7, 11) is -3.65. The maximum atomic E-state index is 12.3. The number of halogens is 1. The summed E-state index contributed by atoms with van der Waals surface area (Å²) < 4.78 is 27.0. The first kappa shape index (κ1) is 19.8. The summed E-state index contributed by atoms with van der Waals surface area (Å²) in [4.78, 5) is 11.9. The molecule has 0 amide bonds. The molecule has 8 heteroatoms. The molecule has 0 saturated carbocycles. The highest BCUT2D eigenvalue weighted by molar-refractivity contribution is 7.98. The van der Waals surface area contributed by atoms with Crippen molar-refractivity contribution < 1.29 is 18.3 Å². The van der Waals surface area contributed by atoms with Gasteiger partial charge in [-0.25, -0.2) is 17.9 Å². The van der Waals surface area contributed by atoms with Crippen LogP contribution in [0.1, 0.15) is 29.3 Å². The smallest absolute Gasteiger partial charge is 0.336 e. The summed E-state index contributed by atoms with van der Waals surface area (Å²) in [6, 6.07) is 11.3. The molecule has 0 atom stereocenters. The van der Waals surface area contributed by atoms with Crippen molar-refractivity contribution in [3.63, 3.8) is 0 Å². The van der Waals surface area contributed by atoms with Gasteiger partial charge in [-0.15, -0.1) is 11.8 Å². The second kappa shape index (κ2) is 8.71. The second-order valence-electron chi connectivity index (χ2n) is 5.28. The minimum Gasteiger partial charge on any atom is -0.478 e. The lowest BCUT2D eigenvalue weighted by Crippen LogP contribution is -2.24. The Hall–Kier alpha value is -1.54. The molecule has 0 heterocycles. The lowest BCUT2D eigenvalue weighted by atomic mass is 10.2. The van der Waals surface area contributed by atoms with Crippen LogP contribution in [0.5, 0.6) is 0 Å². The van der Waals surface area contributed by atoms with Crippen LogP contribution in [0.3, 0.4) is 0 Å². The lowest BCUT2D eigenvalue weighted by molar-refractivity contribution is 0.0693. The van der Waals surface area contributed by atoms with Crippen LogP contribution in [0.4, 0.5) is 0 Å². The van der Waals surface area contributed by atoms with Crippen LogP contribution < -0.4 is 4.72 Å². The van der Waals surface area contributed by atoms with Gasteiger partial charge >= 0.3 is 5.97 Å². The highest BCUT2D eigenvalue weighted by atomic mass is 35.5. The molecule has 2 rings (SSSR count). The normalized spacial score (nSPS) is 11.4. The maximum Gasteiger partial charge on any atom is 0.336 e. The largest absolute Gasteiger partial charge is 0.478 e. The van der Waals surface area contributed by atoms with E-state index in [1.807, 2.05) is 19.1 Å². The topological polar surface area (TPSA) is 83.5 Å². The van der Waals surface area contributed by atoms with Crippen molar-refractivity contribution in [1.29, 1.82) is 0 Å². The SMILES string of the molecule is CCCNS(=O)(=O)c1ccc(C(=O)O)c(SCc2cccc(Cl)c2)c1. The fraction of sp³-hybridized carbons (Fsp3) is 0.235. The fourth-order valence-electron chi connectivity index (χ4n) is 2.07. The van der Waals surface area contributed by atoms with Crippen molar-refractivity contribution >= 4 is 39.4 Å². The highest BCUT2D eigenvalue weighted by Crippen LogP contribution is 2.29. The Morgan fingerprint density at radius 2 is 2.00 bits per heavy atom. The third-order valence-electron chi connectivity index (χ3n) is 3.32. The Morgan fingerprint density at radius 3 is 2.64 bits per heavy atom. The zero-order valence-electron chi connectivity index (χ0n) is 13.5. The molecule has 0 unspecified atom stereocenters. The summed E-state index contributed by atoms with van der Waals surface area (Å²) in [5.41, 5.74) is 0.993. The maximum absolute atomic E-state index is 12.3. The Labute approximate surface area is 156 Å². The van der Waals surface area contributed by atoms with E-state index >= 15 is 0 Å². The number of hydrogen-bond acceptors (Lipinski definition) is 4. The van der Waals surface area contributed by atoms with E-state index in [0.717, 1.165) is 5.56 Å². The van der Waals surface area contributed by atoms with Crippen molar-refractivity contribution in [1.82, 2.24) is 4.72 Å². The van der Waals surface area contributed by atoms with Gasteiger partial charge in [0, 0.05) is 22.2 Å². The van der Waals surface area contributed by atoms with Gasteiger partial charge in [-0.2, -0.15) is 0 Å². The third kappa shape index (κ3) is 5.47. The molecule has 134 valence electrons. The highest BCUT2D eigenvalue weighted by Gasteiger charge is 2.18. The van der Waals surface area contributed by atoms with Crippen LogP contribution in [0.25, 0.3) is 0 Å². The van der Waals surface area contributed by atoms with E-state index < -0.39 is 16.0 Å². The van der Waals surface area contributed by atoms with E-state index in [-0.39, 0.29) is 10.5 Å². The standard InChI is InChI=1S/C17H18ClNO4S2/c1-2-8-19-25(22,23)14-6-7-15(17(20)21)16(10-14)24-11-12-4-3-5-13(18)9-12/h3-7,9-10,19H,2,8,11H2,1H3,(H,20,21). The molecule has 0 aliphatic carbocycles. The molecule has 0 fully saturated rings. The summed E-state index contributed by atoms with van der Waals surface area (Å²) >= 11 is 7.21. The molecule has 0 aliphatic heterocycles. The predicted molar refractivity (Wildman–Crippen MR) is 99.9 cm³/mol. The van der Waals surface area contributed by atoms with Gasteiger partial charge in [0.2, 0.25) is 10.0 Å². The average molecular weight is 400 g/mol. The van der Waals surface area contributed by atoms with E-state index in [1.54, 1.807) is 12.1 Å².